The molecule has 2 aromatic rings. The van der Waals surface area contributed by atoms with Gasteiger partial charge in [0.2, 0.25) is 5.91 Å². The number of rotatable bonds is 6. The van der Waals surface area contributed by atoms with E-state index >= 15 is 0 Å². The smallest absolute Gasteiger partial charge is 0.254 e. The first-order valence-electron chi connectivity index (χ1n) is 11.1. The van der Waals surface area contributed by atoms with Crippen molar-refractivity contribution in [1.29, 1.82) is 0 Å². The van der Waals surface area contributed by atoms with Gasteiger partial charge in [0.25, 0.3) is 5.91 Å². The fourth-order valence-corrected chi connectivity index (χ4v) is 4.49. The third kappa shape index (κ3) is 4.97. The van der Waals surface area contributed by atoms with Crippen LogP contribution in [0.2, 0.25) is 0 Å². The molecule has 2 aliphatic heterocycles. The van der Waals surface area contributed by atoms with Crippen LogP contribution >= 0.6 is 0 Å². The van der Waals surface area contributed by atoms with Crippen LogP contribution in [0.3, 0.4) is 0 Å². The maximum Gasteiger partial charge on any atom is 0.254 e. The van der Waals surface area contributed by atoms with E-state index in [1.54, 1.807) is 11.8 Å². The van der Waals surface area contributed by atoms with Crippen molar-refractivity contribution in [2.24, 2.45) is 0 Å². The molecule has 164 valence electrons. The third-order valence-electron chi connectivity index (χ3n) is 6.22. The summed E-state index contributed by atoms with van der Waals surface area (Å²) in [5.74, 6) is 0.0800. The predicted octanol–water partition coefficient (Wildman–Crippen LogP) is 2.96. The van der Waals surface area contributed by atoms with Crippen LogP contribution in [-0.2, 0) is 22.5 Å². The van der Waals surface area contributed by atoms with Gasteiger partial charge in [-0.1, -0.05) is 30.3 Å². The number of carbonyl (C=O) groups excluding carboxylic acids is 2. The molecule has 2 amide bonds. The van der Waals surface area contributed by atoms with E-state index < -0.39 is 0 Å². The topological polar surface area (TPSA) is 53.1 Å². The van der Waals surface area contributed by atoms with Gasteiger partial charge in [0.1, 0.15) is 0 Å². The summed E-state index contributed by atoms with van der Waals surface area (Å²) in [6.45, 7) is 9.09. The summed E-state index contributed by atoms with van der Waals surface area (Å²) >= 11 is 0. The minimum Gasteiger partial charge on any atom is -0.379 e. The lowest BCUT2D eigenvalue weighted by molar-refractivity contribution is -0.116. The molecule has 2 aliphatic rings. The molecule has 6 heteroatoms. The standard InChI is InChI=1S/C25H31N3O3/c1-19(17-26-12-14-31-15-13-26)28(18-21-6-4-3-5-7-21)25(30)23-8-9-24-22(16-23)10-11-27(24)20(2)29/h3-9,16,19H,10-15,17-18H2,1-2H3/t19-/m1/s1. The highest BCUT2D eigenvalue weighted by atomic mass is 16.5. The fraction of sp³-hybridized carbons (Fsp3) is 0.440. The first kappa shape index (κ1) is 21.5. The van der Waals surface area contributed by atoms with Crippen molar-refractivity contribution >= 4 is 17.5 Å². The fourth-order valence-electron chi connectivity index (χ4n) is 4.49. The Balaban J connectivity index is 1.56. The third-order valence-corrected chi connectivity index (χ3v) is 6.22. The van der Waals surface area contributed by atoms with Gasteiger partial charge >= 0.3 is 0 Å². The molecule has 0 bridgehead atoms. The molecule has 1 fully saturated rings. The first-order valence-corrected chi connectivity index (χ1v) is 11.1. The van der Waals surface area contributed by atoms with Crippen LogP contribution in [0.25, 0.3) is 0 Å². The molecule has 4 rings (SSSR count). The summed E-state index contributed by atoms with van der Waals surface area (Å²) in [4.78, 5) is 31.6. The van der Waals surface area contributed by atoms with Crippen LogP contribution in [-0.4, -0.2) is 67.0 Å². The maximum atomic E-state index is 13.6. The largest absolute Gasteiger partial charge is 0.379 e. The number of anilines is 1. The molecule has 0 aliphatic carbocycles. The molecule has 0 unspecified atom stereocenters. The molecule has 2 aromatic carbocycles. The lowest BCUT2D eigenvalue weighted by Crippen LogP contribution is -2.48. The summed E-state index contributed by atoms with van der Waals surface area (Å²) in [5.41, 5.74) is 3.81. The van der Waals surface area contributed by atoms with Crippen molar-refractivity contribution in [2.45, 2.75) is 32.9 Å². The molecule has 31 heavy (non-hydrogen) atoms. The highest BCUT2D eigenvalue weighted by Crippen LogP contribution is 2.29. The number of nitrogens with zero attached hydrogens (tertiary/aromatic N) is 3. The Labute approximate surface area is 184 Å². The minimum absolute atomic E-state index is 0.0358. The van der Waals surface area contributed by atoms with E-state index in [1.165, 1.54) is 0 Å². The van der Waals surface area contributed by atoms with Crippen LogP contribution in [0.15, 0.2) is 48.5 Å². The molecule has 0 spiro atoms. The van der Waals surface area contributed by atoms with E-state index in [0.29, 0.717) is 18.7 Å². The number of morpholine rings is 1. The lowest BCUT2D eigenvalue weighted by atomic mass is 10.1. The van der Waals surface area contributed by atoms with Gasteiger partial charge in [-0.05, 0) is 42.7 Å². The van der Waals surface area contributed by atoms with Gasteiger partial charge in [-0.25, -0.2) is 0 Å². The summed E-state index contributed by atoms with van der Waals surface area (Å²) in [5, 5.41) is 0. The molecule has 0 radical (unpaired) electrons. The Bertz CT molecular complexity index is 925. The molecular formula is C25H31N3O3. The van der Waals surface area contributed by atoms with E-state index in [-0.39, 0.29) is 17.9 Å². The Morgan fingerprint density at radius 1 is 1.06 bits per heavy atom. The number of carbonyl (C=O) groups is 2. The van der Waals surface area contributed by atoms with Gasteiger partial charge < -0.3 is 14.5 Å². The van der Waals surface area contributed by atoms with E-state index in [1.807, 2.05) is 41.3 Å². The number of amides is 2. The number of benzene rings is 2. The van der Waals surface area contributed by atoms with Crippen LogP contribution in [0.1, 0.15) is 35.3 Å². The summed E-state index contributed by atoms with van der Waals surface area (Å²) < 4.78 is 5.47. The summed E-state index contributed by atoms with van der Waals surface area (Å²) in [6.07, 6.45) is 0.790. The number of hydrogen-bond acceptors (Lipinski definition) is 4. The molecule has 6 nitrogen and oxygen atoms in total. The van der Waals surface area contributed by atoms with Crippen LogP contribution < -0.4 is 4.90 Å². The highest BCUT2D eigenvalue weighted by molar-refractivity contribution is 5.98. The Morgan fingerprint density at radius 3 is 2.52 bits per heavy atom. The normalized spacial score (nSPS) is 17.3. The van der Waals surface area contributed by atoms with Gasteiger partial charge in [-0.2, -0.15) is 0 Å². The van der Waals surface area contributed by atoms with Gasteiger partial charge in [-0.3, -0.25) is 14.5 Å². The van der Waals surface area contributed by atoms with Crippen molar-refractivity contribution < 1.29 is 14.3 Å². The first-order chi connectivity index (χ1) is 15.0. The zero-order chi connectivity index (χ0) is 21.8. The van der Waals surface area contributed by atoms with E-state index in [4.69, 9.17) is 4.74 Å². The van der Waals surface area contributed by atoms with Gasteiger partial charge in [-0.15, -0.1) is 0 Å². The molecule has 0 saturated carbocycles. The maximum absolute atomic E-state index is 13.6. The van der Waals surface area contributed by atoms with Crippen LogP contribution in [0.5, 0.6) is 0 Å². The second-order valence-corrected chi connectivity index (χ2v) is 8.44. The molecule has 1 saturated heterocycles. The second kappa shape index (κ2) is 9.62. The zero-order valence-corrected chi connectivity index (χ0v) is 18.4. The SMILES string of the molecule is CC(=O)N1CCc2cc(C(=O)N(Cc3ccccc3)[C@H](C)CN3CCOCC3)ccc21. The van der Waals surface area contributed by atoms with Crippen molar-refractivity contribution in [3.8, 4) is 0 Å². The number of hydrogen-bond donors (Lipinski definition) is 0. The van der Waals surface area contributed by atoms with Crippen molar-refractivity contribution in [3.63, 3.8) is 0 Å². The minimum atomic E-state index is 0.0358. The monoisotopic (exact) mass is 421 g/mol. The summed E-state index contributed by atoms with van der Waals surface area (Å²) in [7, 11) is 0. The van der Waals surface area contributed by atoms with Gasteiger partial charge in [0.05, 0.1) is 13.2 Å². The lowest BCUT2D eigenvalue weighted by Gasteiger charge is -2.35. The van der Waals surface area contributed by atoms with E-state index in [2.05, 4.69) is 24.0 Å². The highest BCUT2D eigenvalue weighted by Gasteiger charge is 2.27. The number of fused-ring (bicyclic) bond motifs is 1. The van der Waals surface area contributed by atoms with E-state index in [9.17, 15) is 9.59 Å². The molecular weight excluding hydrogens is 390 g/mol. The van der Waals surface area contributed by atoms with Gasteiger partial charge in [0, 0.05) is 56.9 Å². The molecule has 1 atom stereocenters. The molecule has 0 aromatic heterocycles. The number of ether oxygens (including phenoxy) is 1. The van der Waals surface area contributed by atoms with Crippen LogP contribution in [0, 0.1) is 0 Å². The van der Waals surface area contributed by atoms with Crippen molar-refractivity contribution in [1.82, 2.24) is 9.80 Å². The average molecular weight is 422 g/mol. The Morgan fingerprint density at radius 2 is 1.81 bits per heavy atom. The molecule has 2 heterocycles. The summed E-state index contributed by atoms with van der Waals surface area (Å²) in [6, 6.07) is 16.0. The Kier molecular flexibility index (Phi) is 6.68. The zero-order valence-electron chi connectivity index (χ0n) is 18.4. The Hall–Kier alpha value is -2.70. The van der Waals surface area contributed by atoms with E-state index in [0.717, 1.165) is 56.1 Å². The van der Waals surface area contributed by atoms with Crippen LogP contribution in [0.4, 0.5) is 5.69 Å². The quantitative estimate of drug-likeness (QED) is 0.720. The average Bonchev–Trinajstić information content (AvgIpc) is 3.22. The predicted molar refractivity (Wildman–Crippen MR) is 121 cm³/mol. The van der Waals surface area contributed by atoms with Gasteiger partial charge in [0.15, 0.2) is 0 Å². The molecule has 0 N–H and O–H groups in total. The van der Waals surface area contributed by atoms with Crippen molar-refractivity contribution in [2.75, 3.05) is 44.3 Å². The second-order valence-electron chi connectivity index (χ2n) is 8.44. The van der Waals surface area contributed by atoms with Crippen molar-refractivity contribution in [3.05, 3.63) is 65.2 Å².